The van der Waals surface area contributed by atoms with Gasteiger partial charge < -0.3 is 0 Å². The molecular formula is C14H15ClF2N2Si. The van der Waals surface area contributed by atoms with Crippen molar-refractivity contribution in [1.29, 1.82) is 0 Å². The van der Waals surface area contributed by atoms with Crippen molar-refractivity contribution in [2.75, 3.05) is 0 Å². The van der Waals surface area contributed by atoms with Crippen LogP contribution in [0.5, 0.6) is 0 Å². The number of alkyl halides is 2. The molecule has 1 aromatic carbocycles. The van der Waals surface area contributed by atoms with Crippen LogP contribution in [0.25, 0.3) is 11.0 Å². The summed E-state index contributed by atoms with van der Waals surface area (Å²) in [5.41, 5.74) is 4.68. The lowest BCUT2D eigenvalue weighted by Gasteiger charge is -2.06. The second-order valence-electron chi connectivity index (χ2n) is 5.63. The number of benzene rings is 1. The van der Waals surface area contributed by atoms with E-state index in [0.717, 1.165) is 4.57 Å². The molecule has 0 radical (unpaired) electrons. The van der Waals surface area contributed by atoms with E-state index in [9.17, 15) is 8.78 Å². The molecule has 0 aliphatic carbocycles. The summed E-state index contributed by atoms with van der Waals surface area (Å²) in [4.78, 5) is 4.15. The fraction of sp³-hybridized carbons (Fsp3) is 0.357. The van der Waals surface area contributed by atoms with E-state index in [1.54, 1.807) is 13.0 Å². The fourth-order valence-electron chi connectivity index (χ4n) is 1.83. The van der Waals surface area contributed by atoms with Crippen LogP contribution in [-0.2, 0) is 0 Å². The average Bonchev–Trinajstić information content (AvgIpc) is 2.60. The summed E-state index contributed by atoms with van der Waals surface area (Å²) in [6.45, 7) is 5.30. The number of fused-ring (bicyclic) bond motifs is 1. The fourth-order valence-corrected chi connectivity index (χ4v) is 2.55. The number of imidazole rings is 1. The monoisotopic (exact) mass is 312 g/mol. The number of nitrogens with zero attached hydrogens (tertiary/aromatic N) is 2. The molecule has 0 aliphatic rings. The highest BCUT2D eigenvalue weighted by atomic mass is 35.5. The van der Waals surface area contributed by atoms with Crippen molar-refractivity contribution in [2.24, 2.45) is 0 Å². The molecule has 1 aromatic heterocycles. The molecule has 0 atom stereocenters. The number of aromatic nitrogens is 2. The lowest BCUT2D eigenvalue weighted by Crippen LogP contribution is -2.16. The van der Waals surface area contributed by atoms with Crippen LogP contribution in [0.4, 0.5) is 8.78 Å². The molecular weight excluding hydrogens is 298 g/mol. The first-order valence-corrected chi connectivity index (χ1v) is 10.1. The maximum atomic E-state index is 13.0. The summed E-state index contributed by atoms with van der Waals surface area (Å²) in [7, 11) is -1.52. The van der Waals surface area contributed by atoms with E-state index in [0.29, 0.717) is 21.6 Å². The zero-order valence-corrected chi connectivity index (χ0v) is 13.5. The third-order valence-corrected chi connectivity index (χ3v) is 3.91. The standard InChI is InChI=1S/C14H15ClF2N2Si/c1-9-18-12-7-10(5-6-20(2,3)4)11(15)8-13(12)19(9)14(16)17/h7-8,14H,1-4H3. The first kappa shape index (κ1) is 15.0. The molecule has 2 rings (SSSR count). The number of hydrogen-bond acceptors (Lipinski definition) is 1. The Balaban J connectivity index is 2.62. The molecule has 0 aliphatic heterocycles. The molecule has 0 fully saturated rings. The normalized spacial score (nSPS) is 11.8. The van der Waals surface area contributed by atoms with Crippen LogP contribution >= 0.6 is 11.6 Å². The van der Waals surface area contributed by atoms with Crippen molar-refractivity contribution >= 4 is 30.7 Å². The van der Waals surface area contributed by atoms with E-state index < -0.39 is 14.6 Å². The molecule has 2 aromatic rings. The molecule has 0 unspecified atom stereocenters. The predicted molar refractivity (Wildman–Crippen MR) is 81.0 cm³/mol. The van der Waals surface area contributed by atoms with Crippen LogP contribution < -0.4 is 0 Å². The van der Waals surface area contributed by atoms with Gasteiger partial charge in [0.05, 0.1) is 16.1 Å². The second kappa shape index (κ2) is 5.19. The lowest BCUT2D eigenvalue weighted by atomic mass is 10.2. The minimum atomic E-state index is -2.63. The summed E-state index contributed by atoms with van der Waals surface area (Å²) in [6, 6.07) is 3.19. The van der Waals surface area contributed by atoms with Gasteiger partial charge in [-0.25, -0.2) is 4.98 Å². The van der Waals surface area contributed by atoms with Crippen molar-refractivity contribution < 1.29 is 8.78 Å². The van der Waals surface area contributed by atoms with E-state index >= 15 is 0 Å². The Labute approximate surface area is 122 Å². The molecule has 0 spiro atoms. The van der Waals surface area contributed by atoms with E-state index in [4.69, 9.17) is 11.6 Å². The maximum Gasteiger partial charge on any atom is 0.320 e. The topological polar surface area (TPSA) is 17.8 Å². The van der Waals surface area contributed by atoms with Gasteiger partial charge >= 0.3 is 6.55 Å². The van der Waals surface area contributed by atoms with Crippen molar-refractivity contribution in [2.45, 2.75) is 33.1 Å². The van der Waals surface area contributed by atoms with Gasteiger partial charge in [0.2, 0.25) is 0 Å². The van der Waals surface area contributed by atoms with Gasteiger partial charge in [-0.15, -0.1) is 5.54 Å². The van der Waals surface area contributed by atoms with Gasteiger partial charge in [-0.05, 0) is 19.1 Å². The van der Waals surface area contributed by atoms with Crippen LogP contribution in [0.1, 0.15) is 17.9 Å². The molecule has 1 heterocycles. The van der Waals surface area contributed by atoms with Crippen molar-refractivity contribution in [1.82, 2.24) is 9.55 Å². The summed E-state index contributed by atoms with van der Waals surface area (Å²) in [5, 5.41) is 0.380. The van der Waals surface area contributed by atoms with Gasteiger partial charge in [0, 0.05) is 5.56 Å². The Hall–Kier alpha value is -1.38. The zero-order valence-electron chi connectivity index (χ0n) is 11.8. The molecule has 0 saturated carbocycles. The Morgan fingerprint density at radius 1 is 1.30 bits per heavy atom. The summed E-state index contributed by atoms with van der Waals surface area (Å²) in [5.74, 6) is 3.31. The molecule has 0 N–H and O–H groups in total. The van der Waals surface area contributed by atoms with Gasteiger partial charge in [0.1, 0.15) is 13.9 Å². The van der Waals surface area contributed by atoms with Crippen LogP contribution in [0.15, 0.2) is 12.1 Å². The number of hydrogen-bond donors (Lipinski definition) is 0. The predicted octanol–water partition coefficient (Wildman–Crippen LogP) is 4.62. The molecule has 6 heteroatoms. The SMILES string of the molecule is Cc1nc2cc(C#C[Si](C)(C)C)c(Cl)cc2n1C(F)F. The van der Waals surface area contributed by atoms with Gasteiger partial charge in [-0.2, -0.15) is 8.78 Å². The highest BCUT2D eigenvalue weighted by Gasteiger charge is 2.16. The third-order valence-electron chi connectivity index (χ3n) is 2.72. The summed E-state index contributed by atoms with van der Waals surface area (Å²) >= 11 is 6.14. The minimum absolute atomic E-state index is 0.265. The smallest absolute Gasteiger partial charge is 0.270 e. The van der Waals surface area contributed by atoms with Gasteiger partial charge in [0.15, 0.2) is 0 Å². The molecule has 0 bridgehead atoms. The highest BCUT2D eigenvalue weighted by Crippen LogP contribution is 2.27. The molecule has 20 heavy (non-hydrogen) atoms. The Morgan fingerprint density at radius 2 is 1.95 bits per heavy atom. The average molecular weight is 313 g/mol. The molecule has 0 saturated heterocycles. The zero-order chi connectivity index (χ0) is 15.1. The number of aryl methyl sites for hydroxylation is 1. The number of halogens is 3. The van der Waals surface area contributed by atoms with Crippen LogP contribution in [0.3, 0.4) is 0 Å². The van der Waals surface area contributed by atoms with E-state index in [-0.39, 0.29) is 5.82 Å². The van der Waals surface area contributed by atoms with Gasteiger partial charge in [0.25, 0.3) is 0 Å². The molecule has 0 amide bonds. The van der Waals surface area contributed by atoms with Gasteiger partial charge in [-0.3, -0.25) is 4.57 Å². The van der Waals surface area contributed by atoms with Gasteiger partial charge in [-0.1, -0.05) is 37.2 Å². The van der Waals surface area contributed by atoms with Crippen LogP contribution in [0.2, 0.25) is 24.7 Å². The second-order valence-corrected chi connectivity index (χ2v) is 10.8. The molecule has 2 nitrogen and oxygen atoms in total. The van der Waals surface area contributed by atoms with Crippen molar-refractivity contribution in [3.63, 3.8) is 0 Å². The molecule has 106 valence electrons. The van der Waals surface area contributed by atoms with E-state index in [1.165, 1.54) is 6.07 Å². The Bertz CT molecular complexity index is 721. The van der Waals surface area contributed by atoms with E-state index in [2.05, 4.69) is 36.1 Å². The first-order chi connectivity index (χ1) is 9.19. The first-order valence-electron chi connectivity index (χ1n) is 6.18. The quantitative estimate of drug-likeness (QED) is 0.555. The van der Waals surface area contributed by atoms with Crippen molar-refractivity contribution in [3.8, 4) is 11.5 Å². The Kier molecular flexibility index (Phi) is 3.90. The minimum Gasteiger partial charge on any atom is -0.270 e. The highest BCUT2D eigenvalue weighted by molar-refractivity contribution is 6.83. The largest absolute Gasteiger partial charge is 0.320 e. The van der Waals surface area contributed by atoms with Crippen LogP contribution in [-0.4, -0.2) is 17.6 Å². The lowest BCUT2D eigenvalue weighted by molar-refractivity contribution is 0.0725. The Morgan fingerprint density at radius 3 is 2.50 bits per heavy atom. The number of rotatable bonds is 1. The summed E-state index contributed by atoms with van der Waals surface area (Å²) in [6.07, 6.45) is 0. The van der Waals surface area contributed by atoms with Crippen LogP contribution in [0, 0.1) is 18.4 Å². The third kappa shape index (κ3) is 3.02. The summed E-state index contributed by atoms with van der Waals surface area (Å²) < 4.78 is 26.8. The van der Waals surface area contributed by atoms with E-state index in [1.807, 2.05) is 0 Å². The van der Waals surface area contributed by atoms with Crippen molar-refractivity contribution in [3.05, 3.63) is 28.5 Å². The maximum absolute atomic E-state index is 13.0.